The summed E-state index contributed by atoms with van der Waals surface area (Å²) in [6.07, 6.45) is 1.17. The van der Waals surface area contributed by atoms with E-state index in [0.717, 1.165) is 13.1 Å². The summed E-state index contributed by atoms with van der Waals surface area (Å²) in [6.45, 7) is 4.46. The van der Waals surface area contributed by atoms with E-state index in [1.807, 2.05) is 0 Å². The summed E-state index contributed by atoms with van der Waals surface area (Å²) in [5, 5.41) is 0. The van der Waals surface area contributed by atoms with E-state index in [1.165, 1.54) is 23.1 Å². The monoisotopic (exact) mass is 220 g/mol. The minimum absolute atomic E-state index is 0. The maximum atomic E-state index is 2.40. The molecule has 0 saturated carbocycles. The molecule has 1 aliphatic rings. The standard InChI is InChI=1S/C14H22N2.H2/c1-5-14(15(2)3)11-6-7-12-9-16(4)10-13(12)8-11;/h6-8,14H,5,9-10H2,1-4H3;1H. The Balaban J connectivity index is 0.00000144. The zero-order valence-electron chi connectivity index (χ0n) is 10.8. The van der Waals surface area contributed by atoms with E-state index in [1.54, 1.807) is 0 Å². The quantitative estimate of drug-likeness (QED) is 0.773. The Hall–Kier alpha value is -0.860. The highest BCUT2D eigenvalue weighted by molar-refractivity contribution is 5.36. The zero-order chi connectivity index (χ0) is 11.7. The van der Waals surface area contributed by atoms with Crippen LogP contribution in [0, 0.1) is 0 Å². The third-order valence-electron chi connectivity index (χ3n) is 3.51. The van der Waals surface area contributed by atoms with Crippen molar-refractivity contribution in [1.29, 1.82) is 0 Å². The van der Waals surface area contributed by atoms with Crippen LogP contribution in [-0.4, -0.2) is 30.9 Å². The number of rotatable bonds is 3. The van der Waals surface area contributed by atoms with Gasteiger partial charge < -0.3 is 4.90 Å². The van der Waals surface area contributed by atoms with Gasteiger partial charge in [-0.05, 0) is 44.3 Å². The van der Waals surface area contributed by atoms with E-state index in [-0.39, 0.29) is 1.43 Å². The van der Waals surface area contributed by atoms with Gasteiger partial charge in [-0.15, -0.1) is 0 Å². The highest BCUT2D eigenvalue weighted by atomic mass is 15.1. The maximum Gasteiger partial charge on any atom is 0.0339 e. The summed E-state index contributed by atoms with van der Waals surface area (Å²) in [6, 6.07) is 7.55. The topological polar surface area (TPSA) is 6.48 Å². The van der Waals surface area contributed by atoms with Crippen LogP contribution < -0.4 is 0 Å². The molecular weight excluding hydrogens is 196 g/mol. The molecule has 0 fully saturated rings. The van der Waals surface area contributed by atoms with Gasteiger partial charge in [-0.25, -0.2) is 0 Å². The van der Waals surface area contributed by atoms with E-state index < -0.39 is 0 Å². The van der Waals surface area contributed by atoms with Gasteiger partial charge in [0.1, 0.15) is 0 Å². The first-order valence-corrected chi connectivity index (χ1v) is 6.08. The Kier molecular flexibility index (Phi) is 3.31. The van der Waals surface area contributed by atoms with Crippen molar-refractivity contribution in [2.45, 2.75) is 32.5 Å². The Labute approximate surface area is 100 Å². The third-order valence-corrected chi connectivity index (χ3v) is 3.51. The summed E-state index contributed by atoms with van der Waals surface area (Å²) in [5.74, 6) is 0. The lowest BCUT2D eigenvalue weighted by Gasteiger charge is -2.23. The van der Waals surface area contributed by atoms with Crippen LogP contribution in [0.15, 0.2) is 18.2 Å². The van der Waals surface area contributed by atoms with Crippen LogP contribution in [0.2, 0.25) is 0 Å². The largest absolute Gasteiger partial charge is 0.302 e. The molecule has 0 radical (unpaired) electrons. The molecule has 16 heavy (non-hydrogen) atoms. The fourth-order valence-corrected chi connectivity index (χ4v) is 2.69. The van der Waals surface area contributed by atoms with Gasteiger partial charge in [-0.1, -0.05) is 25.1 Å². The highest BCUT2D eigenvalue weighted by Crippen LogP contribution is 2.28. The van der Waals surface area contributed by atoms with Gasteiger partial charge in [0.05, 0.1) is 0 Å². The summed E-state index contributed by atoms with van der Waals surface area (Å²) in [5.41, 5.74) is 4.47. The molecule has 0 N–H and O–H groups in total. The molecule has 1 atom stereocenters. The second-order valence-electron chi connectivity index (χ2n) is 5.09. The molecule has 1 heterocycles. The first kappa shape index (κ1) is 11.6. The van der Waals surface area contributed by atoms with Crippen molar-refractivity contribution in [2.24, 2.45) is 0 Å². The molecule has 0 aromatic heterocycles. The highest BCUT2D eigenvalue weighted by Gasteiger charge is 2.18. The normalized spacial score (nSPS) is 17.8. The molecule has 2 rings (SSSR count). The third kappa shape index (κ3) is 2.13. The van der Waals surface area contributed by atoms with Crippen molar-refractivity contribution >= 4 is 0 Å². The smallest absolute Gasteiger partial charge is 0.0339 e. The zero-order valence-corrected chi connectivity index (χ0v) is 10.8. The Morgan fingerprint density at radius 1 is 1.31 bits per heavy atom. The van der Waals surface area contributed by atoms with Gasteiger partial charge in [0, 0.05) is 20.6 Å². The molecular formula is C14H24N2. The Morgan fingerprint density at radius 2 is 2.00 bits per heavy atom. The van der Waals surface area contributed by atoms with E-state index in [4.69, 9.17) is 0 Å². The molecule has 1 unspecified atom stereocenters. The van der Waals surface area contributed by atoms with Crippen LogP contribution in [0.5, 0.6) is 0 Å². The minimum Gasteiger partial charge on any atom is -0.302 e. The molecule has 0 aliphatic carbocycles. The molecule has 0 saturated heterocycles. The lowest BCUT2D eigenvalue weighted by atomic mass is 9.99. The SMILES string of the molecule is CCC(c1ccc2c(c1)CN(C)C2)N(C)C.[HH]. The summed E-state index contributed by atoms with van der Waals surface area (Å²) >= 11 is 0. The fourth-order valence-electron chi connectivity index (χ4n) is 2.69. The van der Waals surface area contributed by atoms with Gasteiger partial charge >= 0.3 is 0 Å². The van der Waals surface area contributed by atoms with Gasteiger partial charge in [-0.3, -0.25) is 4.90 Å². The summed E-state index contributed by atoms with van der Waals surface area (Å²) in [7, 11) is 6.50. The van der Waals surface area contributed by atoms with E-state index in [9.17, 15) is 0 Å². The average Bonchev–Trinajstić information content (AvgIpc) is 2.57. The lowest BCUT2D eigenvalue weighted by Crippen LogP contribution is -2.19. The molecule has 0 amide bonds. The van der Waals surface area contributed by atoms with Crippen molar-refractivity contribution in [3.63, 3.8) is 0 Å². The number of benzene rings is 1. The van der Waals surface area contributed by atoms with Gasteiger partial charge in [0.15, 0.2) is 0 Å². The van der Waals surface area contributed by atoms with E-state index in [0.29, 0.717) is 6.04 Å². The minimum atomic E-state index is 0. The average molecular weight is 220 g/mol. The maximum absolute atomic E-state index is 2.40. The number of fused-ring (bicyclic) bond motifs is 1. The Bertz CT molecular complexity index is 376. The number of hydrogen-bond acceptors (Lipinski definition) is 2. The van der Waals surface area contributed by atoms with E-state index in [2.05, 4.69) is 56.1 Å². The van der Waals surface area contributed by atoms with Crippen molar-refractivity contribution < 1.29 is 1.43 Å². The summed E-state index contributed by atoms with van der Waals surface area (Å²) < 4.78 is 0. The predicted molar refractivity (Wildman–Crippen MR) is 70.4 cm³/mol. The molecule has 2 nitrogen and oxygen atoms in total. The molecule has 0 spiro atoms. The summed E-state index contributed by atoms with van der Waals surface area (Å²) in [4.78, 5) is 4.67. The lowest BCUT2D eigenvalue weighted by molar-refractivity contribution is 0.291. The predicted octanol–water partition coefficient (Wildman–Crippen LogP) is 2.89. The molecule has 1 aromatic rings. The van der Waals surface area contributed by atoms with Crippen molar-refractivity contribution in [3.05, 3.63) is 34.9 Å². The first-order valence-electron chi connectivity index (χ1n) is 6.08. The van der Waals surface area contributed by atoms with Gasteiger partial charge in [0.25, 0.3) is 0 Å². The van der Waals surface area contributed by atoms with Crippen LogP contribution in [0.25, 0.3) is 0 Å². The number of hydrogen-bond donors (Lipinski definition) is 0. The van der Waals surface area contributed by atoms with Crippen molar-refractivity contribution in [1.82, 2.24) is 9.80 Å². The van der Waals surface area contributed by atoms with Crippen molar-refractivity contribution in [3.8, 4) is 0 Å². The van der Waals surface area contributed by atoms with Crippen LogP contribution in [0.1, 0.15) is 37.5 Å². The first-order chi connectivity index (χ1) is 7.61. The molecule has 0 bridgehead atoms. The van der Waals surface area contributed by atoms with Gasteiger partial charge in [-0.2, -0.15) is 0 Å². The molecule has 1 aliphatic heterocycles. The van der Waals surface area contributed by atoms with Crippen molar-refractivity contribution in [2.75, 3.05) is 21.1 Å². The number of nitrogens with zero attached hydrogens (tertiary/aromatic N) is 2. The van der Waals surface area contributed by atoms with Crippen LogP contribution in [0.4, 0.5) is 0 Å². The van der Waals surface area contributed by atoms with Crippen LogP contribution >= 0.6 is 0 Å². The second kappa shape index (κ2) is 4.56. The van der Waals surface area contributed by atoms with Crippen LogP contribution in [0.3, 0.4) is 0 Å². The fraction of sp³-hybridized carbons (Fsp3) is 0.571. The molecule has 1 aromatic carbocycles. The molecule has 2 heteroatoms. The molecule has 90 valence electrons. The second-order valence-corrected chi connectivity index (χ2v) is 5.09. The van der Waals surface area contributed by atoms with Gasteiger partial charge in [0.2, 0.25) is 0 Å². The van der Waals surface area contributed by atoms with E-state index >= 15 is 0 Å². The Morgan fingerprint density at radius 3 is 2.62 bits per heavy atom. The van der Waals surface area contributed by atoms with Crippen LogP contribution in [-0.2, 0) is 13.1 Å².